The molecule has 0 radical (unpaired) electrons. The minimum atomic E-state index is -3.92. The smallest absolute Gasteiger partial charge is 0.333 e. The van der Waals surface area contributed by atoms with Gasteiger partial charge in [-0.15, -0.1) is 0 Å². The van der Waals surface area contributed by atoms with Gasteiger partial charge in [0, 0.05) is 5.57 Å². The lowest BCUT2D eigenvalue weighted by molar-refractivity contribution is -0.111. The lowest BCUT2D eigenvalue weighted by Crippen LogP contribution is -2.26. The molecule has 3 N–H and O–H groups in total. The summed E-state index contributed by atoms with van der Waals surface area (Å²) < 4.78 is 26.4. The number of ketones is 1. The second kappa shape index (κ2) is 8.37. The summed E-state index contributed by atoms with van der Waals surface area (Å²) in [4.78, 5) is 17.1. The van der Waals surface area contributed by atoms with E-state index in [1.165, 1.54) is 6.08 Å². The number of nitrogens with one attached hydrogen (secondary N) is 1. The summed E-state index contributed by atoms with van der Waals surface area (Å²) in [5, 5.41) is 7.90. The van der Waals surface area contributed by atoms with Crippen LogP contribution in [0.1, 0.15) is 25.7 Å². The predicted molar refractivity (Wildman–Crippen MR) is 96.9 cm³/mol. The molecule has 1 heterocycles. The van der Waals surface area contributed by atoms with Gasteiger partial charge in [0.05, 0.1) is 18.2 Å². The minimum absolute atomic E-state index is 0.0173. The van der Waals surface area contributed by atoms with E-state index in [1.807, 2.05) is 12.2 Å². The monoisotopic (exact) mass is 365 g/mol. The van der Waals surface area contributed by atoms with E-state index in [-0.39, 0.29) is 24.3 Å². The van der Waals surface area contributed by atoms with Gasteiger partial charge in [0.2, 0.25) is 0 Å². The summed E-state index contributed by atoms with van der Waals surface area (Å²) in [6, 6.07) is -0.0173. The predicted octanol–water partition coefficient (Wildman–Crippen LogP) is 1.52. The van der Waals surface area contributed by atoms with Gasteiger partial charge in [-0.05, 0) is 37.8 Å². The third-order valence-corrected chi connectivity index (χ3v) is 4.59. The molecule has 25 heavy (non-hydrogen) atoms. The Kier molecular flexibility index (Phi) is 6.46. The molecule has 0 aromatic carbocycles. The number of hydrogen-bond acceptors (Lipinski definition) is 5. The molecule has 2 rings (SSSR count). The summed E-state index contributed by atoms with van der Waals surface area (Å²) in [6.45, 7) is 7.35. The number of Topliss-reactive ketones (excluding diaryl/α,β-unsaturated/α-hetero) is 1. The zero-order valence-electron chi connectivity index (χ0n) is 14.0. The number of nitrogens with zero attached hydrogens (tertiary/aromatic N) is 1. The number of hydrogen-bond donors (Lipinski definition) is 2. The number of amidine groups is 1. The Bertz CT molecular complexity index is 750. The van der Waals surface area contributed by atoms with Crippen molar-refractivity contribution in [3.63, 3.8) is 0 Å². The largest absolute Gasteiger partial charge is 0.347 e. The van der Waals surface area contributed by atoms with E-state index in [0.29, 0.717) is 29.8 Å². The van der Waals surface area contributed by atoms with Crippen LogP contribution in [0.25, 0.3) is 0 Å². The van der Waals surface area contributed by atoms with Crippen LogP contribution in [0.4, 0.5) is 0 Å². The third kappa shape index (κ3) is 5.77. The Hall–Kier alpha value is -2.03. The number of carbonyl (C=O) groups is 1. The van der Waals surface area contributed by atoms with Crippen molar-refractivity contribution < 1.29 is 17.4 Å². The molecule has 0 aromatic heterocycles. The molecule has 1 fully saturated rings. The zero-order valence-corrected chi connectivity index (χ0v) is 14.8. The Balaban J connectivity index is 2.09. The van der Waals surface area contributed by atoms with E-state index in [2.05, 4.69) is 27.7 Å². The molecule has 0 amide bonds. The van der Waals surface area contributed by atoms with Crippen molar-refractivity contribution in [3.05, 3.63) is 48.7 Å². The molecular formula is C17H23N3O4S. The van der Waals surface area contributed by atoms with Crippen molar-refractivity contribution in [1.29, 1.82) is 0 Å². The summed E-state index contributed by atoms with van der Waals surface area (Å²) in [6.07, 6.45) is 9.75. The first-order valence-electron chi connectivity index (χ1n) is 8.03. The average Bonchev–Trinajstić information content (AvgIpc) is 2.88. The van der Waals surface area contributed by atoms with E-state index in [9.17, 15) is 13.2 Å². The molecule has 0 spiro atoms. The van der Waals surface area contributed by atoms with Crippen LogP contribution in [0.2, 0.25) is 0 Å². The first-order chi connectivity index (χ1) is 11.8. The Morgan fingerprint density at radius 2 is 2.24 bits per heavy atom. The van der Waals surface area contributed by atoms with Gasteiger partial charge >= 0.3 is 10.3 Å². The quantitative estimate of drug-likeness (QED) is 0.525. The van der Waals surface area contributed by atoms with Crippen molar-refractivity contribution in [3.8, 4) is 0 Å². The maximum absolute atomic E-state index is 12.5. The fourth-order valence-corrected chi connectivity index (χ4v) is 3.21. The summed E-state index contributed by atoms with van der Waals surface area (Å²) in [5.41, 5.74) is 0.785. The van der Waals surface area contributed by atoms with Crippen LogP contribution in [0, 0.1) is 5.92 Å². The first kappa shape index (κ1) is 19.3. The van der Waals surface area contributed by atoms with E-state index >= 15 is 0 Å². The third-order valence-electron chi connectivity index (χ3n) is 4.13. The van der Waals surface area contributed by atoms with Crippen LogP contribution in [0.15, 0.2) is 53.7 Å². The van der Waals surface area contributed by atoms with E-state index in [4.69, 9.17) is 5.14 Å². The first-order valence-corrected chi connectivity index (χ1v) is 9.50. The van der Waals surface area contributed by atoms with Crippen molar-refractivity contribution in [1.82, 2.24) is 5.32 Å². The van der Waals surface area contributed by atoms with E-state index in [0.717, 1.165) is 12.8 Å². The lowest BCUT2D eigenvalue weighted by Gasteiger charge is -2.13. The highest BCUT2D eigenvalue weighted by atomic mass is 32.2. The standard InChI is InChI=1S/C17H23N3O4S/c1-3-12(2)16(21)15-6-4-5-9-19-17(15)20-14-8-7-13(10-14)11-24-25(18,22)23/h3,5-6,9,13-14H,1-2,4,7-8,10-11H2,(H,19,20)(H2,18,22,23). The fraction of sp³-hybridized carbons (Fsp3) is 0.412. The van der Waals surface area contributed by atoms with Crippen LogP contribution in [-0.2, 0) is 19.3 Å². The highest BCUT2D eigenvalue weighted by Crippen LogP contribution is 2.29. The molecule has 1 aliphatic carbocycles. The molecule has 136 valence electrons. The van der Waals surface area contributed by atoms with Gasteiger partial charge in [0.25, 0.3) is 0 Å². The van der Waals surface area contributed by atoms with Crippen LogP contribution in [0.3, 0.4) is 0 Å². The van der Waals surface area contributed by atoms with Crippen LogP contribution < -0.4 is 10.5 Å². The van der Waals surface area contributed by atoms with Crippen molar-refractivity contribution in [2.24, 2.45) is 16.0 Å². The van der Waals surface area contributed by atoms with Crippen molar-refractivity contribution >= 4 is 21.9 Å². The van der Waals surface area contributed by atoms with Gasteiger partial charge in [-0.1, -0.05) is 31.4 Å². The van der Waals surface area contributed by atoms with Crippen molar-refractivity contribution in [2.75, 3.05) is 6.61 Å². The fourth-order valence-electron chi connectivity index (χ4n) is 2.83. The maximum atomic E-state index is 12.5. The molecule has 7 nitrogen and oxygen atoms in total. The summed E-state index contributed by atoms with van der Waals surface area (Å²) in [7, 11) is -3.92. The Labute approximate surface area is 148 Å². The number of aliphatic imine (C=N–C) groups is 1. The molecule has 2 atom stereocenters. The van der Waals surface area contributed by atoms with Gasteiger partial charge in [0.15, 0.2) is 5.78 Å². The second-order valence-electron chi connectivity index (χ2n) is 6.05. The topological polar surface area (TPSA) is 111 Å². The van der Waals surface area contributed by atoms with Gasteiger partial charge in [-0.3, -0.25) is 14.0 Å². The molecule has 0 bridgehead atoms. The highest BCUT2D eigenvalue weighted by molar-refractivity contribution is 7.84. The molecule has 0 aromatic rings. The maximum Gasteiger partial charge on any atom is 0.333 e. The Morgan fingerprint density at radius 1 is 1.48 bits per heavy atom. The van der Waals surface area contributed by atoms with Gasteiger partial charge in [-0.25, -0.2) is 5.14 Å². The van der Waals surface area contributed by atoms with Crippen LogP contribution in [0.5, 0.6) is 0 Å². The number of nitrogens with two attached hydrogens (primary N) is 1. The van der Waals surface area contributed by atoms with Crippen LogP contribution >= 0.6 is 0 Å². The number of allylic oxidation sites excluding steroid dienone is 4. The molecule has 1 aliphatic heterocycles. The Morgan fingerprint density at radius 3 is 2.92 bits per heavy atom. The molecule has 1 saturated carbocycles. The minimum Gasteiger partial charge on any atom is -0.347 e. The summed E-state index contributed by atoms with van der Waals surface area (Å²) >= 11 is 0. The average molecular weight is 365 g/mol. The lowest BCUT2D eigenvalue weighted by atomic mass is 10.0. The molecule has 8 heteroatoms. The van der Waals surface area contributed by atoms with Crippen molar-refractivity contribution in [2.45, 2.75) is 31.7 Å². The second-order valence-corrected chi connectivity index (χ2v) is 7.27. The molecule has 2 aliphatic rings. The van der Waals surface area contributed by atoms with Gasteiger partial charge < -0.3 is 5.32 Å². The summed E-state index contributed by atoms with van der Waals surface area (Å²) in [5.74, 6) is 0.358. The van der Waals surface area contributed by atoms with Crippen LogP contribution in [-0.4, -0.2) is 32.7 Å². The molecular weight excluding hydrogens is 342 g/mol. The molecule has 0 saturated heterocycles. The number of rotatable bonds is 7. The normalized spacial score (nSPS) is 25.2. The van der Waals surface area contributed by atoms with E-state index in [1.54, 1.807) is 6.20 Å². The van der Waals surface area contributed by atoms with Gasteiger partial charge in [0.1, 0.15) is 5.84 Å². The van der Waals surface area contributed by atoms with Gasteiger partial charge in [-0.2, -0.15) is 8.42 Å². The molecule has 2 unspecified atom stereocenters. The van der Waals surface area contributed by atoms with E-state index < -0.39 is 10.3 Å². The highest BCUT2D eigenvalue weighted by Gasteiger charge is 2.27. The number of carbonyl (C=O) groups excluding carboxylic acids is 1. The zero-order chi connectivity index (χ0) is 18.4. The SMILES string of the molecule is C=CC(=C)C(=O)C1=CCC=CNC1=NC1CCC(COS(N)(=O)=O)C1.